The molecule has 1 aliphatic heterocycles. The summed E-state index contributed by atoms with van der Waals surface area (Å²) in [6.07, 6.45) is 1.60. The zero-order valence-electron chi connectivity index (χ0n) is 13.8. The number of nitro benzene ring substituents is 1. The molecule has 136 valence electrons. The molecule has 0 N–H and O–H groups in total. The van der Waals surface area contributed by atoms with Crippen LogP contribution >= 0.6 is 0 Å². The number of hydrogen-bond donors (Lipinski definition) is 0. The van der Waals surface area contributed by atoms with E-state index in [9.17, 15) is 28.1 Å². The molecule has 1 saturated heterocycles. The molecule has 0 unspecified atom stereocenters. The van der Waals surface area contributed by atoms with Crippen LogP contribution in [-0.2, 0) is 19.4 Å². The van der Waals surface area contributed by atoms with Gasteiger partial charge in [-0.25, -0.2) is 13.2 Å². The molecule has 1 amide bonds. The zero-order chi connectivity index (χ0) is 18.8. The molecular weight excluding hydrogens is 352 g/mol. The number of amides is 1. The number of nitrogens with zero attached hydrogens (tertiary/aromatic N) is 2. The largest absolute Gasteiger partial charge is 0.449 e. The number of nitro groups is 1. The van der Waals surface area contributed by atoms with Gasteiger partial charge in [0, 0.05) is 25.4 Å². The van der Waals surface area contributed by atoms with Gasteiger partial charge in [-0.15, -0.1) is 0 Å². The van der Waals surface area contributed by atoms with Crippen LogP contribution in [0.15, 0.2) is 23.1 Å². The molecule has 1 heterocycles. The normalized spacial score (nSPS) is 15.7. The summed E-state index contributed by atoms with van der Waals surface area (Å²) in [6, 6.07) is 2.95. The van der Waals surface area contributed by atoms with Crippen molar-refractivity contribution < 1.29 is 27.7 Å². The predicted molar refractivity (Wildman–Crippen MR) is 86.9 cm³/mol. The van der Waals surface area contributed by atoms with E-state index < -0.39 is 37.4 Å². The lowest BCUT2D eigenvalue weighted by atomic mass is 10.2. The van der Waals surface area contributed by atoms with Crippen LogP contribution in [0.1, 0.15) is 30.1 Å². The van der Waals surface area contributed by atoms with Crippen molar-refractivity contribution in [2.24, 2.45) is 0 Å². The summed E-state index contributed by atoms with van der Waals surface area (Å²) in [7, 11) is -3.82. The third-order valence-electron chi connectivity index (χ3n) is 3.84. The van der Waals surface area contributed by atoms with E-state index in [1.54, 1.807) is 4.90 Å². The molecule has 0 bridgehead atoms. The van der Waals surface area contributed by atoms with E-state index in [0.29, 0.717) is 13.1 Å². The lowest BCUT2D eigenvalue weighted by molar-refractivity contribution is -0.387. The van der Waals surface area contributed by atoms with Gasteiger partial charge < -0.3 is 9.64 Å². The van der Waals surface area contributed by atoms with E-state index >= 15 is 0 Å². The van der Waals surface area contributed by atoms with Crippen LogP contribution in [0, 0.1) is 10.1 Å². The Hall–Kier alpha value is -2.49. The molecule has 1 atom stereocenters. The van der Waals surface area contributed by atoms with Gasteiger partial charge in [0.25, 0.3) is 11.6 Å². The summed E-state index contributed by atoms with van der Waals surface area (Å²) in [4.78, 5) is 35.6. The van der Waals surface area contributed by atoms with E-state index in [4.69, 9.17) is 4.74 Å². The van der Waals surface area contributed by atoms with Crippen LogP contribution in [0.2, 0.25) is 0 Å². The van der Waals surface area contributed by atoms with Crippen molar-refractivity contribution in [1.82, 2.24) is 4.90 Å². The van der Waals surface area contributed by atoms with E-state index in [1.807, 2.05) is 0 Å². The van der Waals surface area contributed by atoms with Gasteiger partial charge in [-0.3, -0.25) is 14.9 Å². The molecule has 2 rings (SSSR count). The van der Waals surface area contributed by atoms with Gasteiger partial charge in [-0.2, -0.15) is 0 Å². The van der Waals surface area contributed by atoms with Crippen molar-refractivity contribution in [2.75, 3.05) is 19.3 Å². The van der Waals surface area contributed by atoms with Gasteiger partial charge in [0.2, 0.25) is 0 Å². The van der Waals surface area contributed by atoms with Crippen LogP contribution in [0.3, 0.4) is 0 Å². The first-order valence-corrected chi connectivity index (χ1v) is 9.48. The van der Waals surface area contributed by atoms with Crippen LogP contribution < -0.4 is 0 Å². The predicted octanol–water partition coefficient (Wildman–Crippen LogP) is 1.17. The first kappa shape index (κ1) is 18.8. The molecule has 0 radical (unpaired) electrons. The molecular formula is C15H18N2O7S. The number of ether oxygens (including phenoxy) is 1. The Labute approximate surface area is 144 Å². The average molecular weight is 370 g/mol. The van der Waals surface area contributed by atoms with E-state index in [1.165, 1.54) is 6.92 Å². The molecule has 0 saturated carbocycles. The second-order valence-corrected chi connectivity index (χ2v) is 7.78. The van der Waals surface area contributed by atoms with Gasteiger partial charge in [0.05, 0.1) is 10.5 Å². The van der Waals surface area contributed by atoms with Gasteiger partial charge in [-0.1, -0.05) is 0 Å². The highest BCUT2D eigenvalue weighted by Gasteiger charge is 2.28. The number of esters is 1. The van der Waals surface area contributed by atoms with Crippen LogP contribution in [0.25, 0.3) is 0 Å². The SMILES string of the molecule is C[C@@H](OC(=O)c1ccc(S(C)(=O)=O)c([N+](=O)[O-])c1)C(=O)N1CCCC1. The number of likely N-dealkylation sites (tertiary alicyclic amines) is 1. The lowest BCUT2D eigenvalue weighted by Crippen LogP contribution is -2.38. The molecule has 0 aromatic heterocycles. The summed E-state index contributed by atoms with van der Waals surface area (Å²) in [5.74, 6) is -1.25. The number of benzene rings is 1. The van der Waals surface area contributed by atoms with Gasteiger partial charge in [0.1, 0.15) is 4.90 Å². The molecule has 10 heteroatoms. The quantitative estimate of drug-likeness (QED) is 0.433. The maximum absolute atomic E-state index is 12.1. The van der Waals surface area contributed by atoms with Gasteiger partial charge in [-0.05, 0) is 31.9 Å². The number of carbonyl (C=O) groups excluding carboxylic acids is 2. The fraction of sp³-hybridized carbons (Fsp3) is 0.467. The number of rotatable bonds is 5. The number of sulfone groups is 1. The number of hydrogen-bond acceptors (Lipinski definition) is 7. The average Bonchev–Trinajstić information content (AvgIpc) is 3.06. The molecule has 1 aromatic rings. The highest BCUT2D eigenvalue weighted by Crippen LogP contribution is 2.25. The minimum atomic E-state index is -3.82. The summed E-state index contributed by atoms with van der Waals surface area (Å²) < 4.78 is 28.2. The summed E-state index contributed by atoms with van der Waals surface area (Å²) >= 11 is 0. The van der Waals surface area contributed by atoms with Crippen molar-refractivity contribution in [3.8, 4) is 0 Å². The summed E-state index contributed by atoms with van der Waals surface area (Å²) in [5.41, 5.74) is -0.907. The minimum Gasteiger partial charge on any atom is -0.449 e. The molecule has 0 spiro atoms. The maximum Gasteiger partial charge on any atom is 0.339 e. The first-order valence-electron chi connectivity index (χ1n) is 7.59. The van der Waals surface area contributed by atoms with Crippen LogP contribution in [0.4, 0.5) is 5.69 Å². The van der Waals surface area contributed by atoms with Crippen LogP contribution in [-0.4, -0.2) is 55.6 Å². The molecule has 25 heavy (non-hydrogen) atoms. The number of carbonyl (C=O) groups is 2. The monoisotopic (exact) mass is 370 g/mol. The van der Waals surface area contributed by atoms with Crippen molar-refractivity contribution in [3.05, 3.63) is 33.9 Å². The van der Waals surface area contributed by atoms with E-state index in [0.717, 1.165) is 37.3 Å². The Morgan fingerprint density at radius 2 is 1.88 bits per heavy atom. The summed E-state index contributed by atoms with van der Waals surface area (Å²) in [6.45, 7) is 2.64. The Balaban J connectivity index is 2.20. The molecule has 1 aliphatic rings. The molecule has 0 aliphatic carbocycles. The Kier molecular flexibility index (Phi) is 5.41. The van der Waals surface area contributed by atoms with Crippen molar-refractivity contribution in [3.63, 3.8) is 0 Å². The minimum absolute atomic E-state index is 0.194. The Morgan fingerprint density at radius 1 is 1.28 bits per heavy atom. The van der Waals surface area contributed by atoms with E-state index in [-0.39, 0.29) is 11.5 Å². The third kappa shape index (κ3) is 4.32. The second-order valence-electron chi connectivity index (χ2n) is 5.79. The van der Waals surface area contributed by atoms with Gasteiger partial charge >= 0.3 is 5.97 Å². The lowest BCUT2D eigenvalue weighted by Gasteiger charge is -2.20. The fourth-order valence-corrected chi connectivity index (χ4v) is 3.40. The van der Waals surface area contributed by atoms with Gasteiger partial charge in [0.15, 0.2) is 15.9 Å². The van der Waals surface area contributed by atoms with Crippen LogP contribution in [0.5, 0.6) is 0 Å². The topological polar surface area (TPSA) is 124 Å². The highest BCUT2D eigenvalue weighted by molar-refractivity contribution is 7.90. The molecule has 1 fully saturated rings. The molecule has 1 aromatic carbocycles. The van der Waals surface area contributed by atoms with E-state index in [2.05, 4.69) is 0 Å². The zero-order valence-corrected chi connectivity index (χ0v) is 14.6. The van der Waals surface area contributed by atoms with Crippen molar-refractivity contribution >= 4 is 27.4 Å². The highest BCUT2D eigenvalue weighted by atomic mass is 32.2. The Bertz CT molecular complexity index is 813. The van der Waals surface area contributed by atoms with Crippen molar-refractivity contribution in [1.29, 1.82) is 0 Å². The first-order chi connectivity index (χ1) is 11.6. The summed E-state index contributed by atoms with van der Waals surface area (Å²) in [5, 5.41) is 11.1. The second kappa shape index (κ2) is 7.18. The molecule has 9 nitrogen and oxygen atoms in total. The Morgan fingerprint density at radius 3 is 2.40 bits per heavy atom. The maximum atomic E-state index is 12.1. The third-order valence-corrected chi connectivity index (χ3v) is 4.98. The fourth-order valence-electron chi connectivity index (χ4n) is 2.57. The smallest absolute Gasteiger partial charge is 0.339 e. The van der Waals surface area contributed by atoms with Crippen molar-refractivity contribution in [2.45, 2.75) is 30.8 Å². The standard InChI is InChI=1S/C15H18N2O7S/c1-10(14(18)16-7-3-4-8-16)24-15(19)11-5-6-13(25(2,22)23)12(9-11)17(20)21/h5-6,9-10H,3-4,7-8H2,1-2H3/t10-/m1/s1.